The van der Waals surface area contributed by atoms with Crippen molar-refractivity contribution in [3.63, 3.8) is 0 Å². The number of rotatable bonds is 3. The number of benzene rings is 1. The van der Waals surface area contributed by atoms with Crippen LogP contribution >= 0.6 is 22.9 Å². The summed E-state index contributed by atoms with van der Waals surface area (Å²) in [6.07, 6.45) is 0. The van der Waals surface area contributed by atoms with Gasteiger partial charge in [-0.25, -0.2) is 0 Å². The third-order valence-corrected chi connectivity index (χ3v) is 3.99. The van der Waals surface area contributed by atoms with Crippen LogP contribution in [0, 0.1) is 11.8 Å². The van der Waals surface area contributed by atoms with Gasteiger partial charge >= 0.3 is 0 Å². The lowest BCUT2D eigenvalue weighted by atomic mass is 10.2. The van der Waals surface area contributed by atoms with Crippen LogP contribution < -0.4 is 0 Å². The van der Waals surface area contributed by atoms with E-state index in [0.717, 1.165) is 10.4 Å². The largest absolute Gasteiger partial charge is 0.384 e. The maximum Gasteiger partial charge on any atom is 0.264 e. The highest BCUT2D eigenvalue weighted by Gasteiger charge is 2.14. The first-order valence-electron chi connectivity index (χ1n) is 6.29. The van der Waals surface area contributed by atoms with Crippen LogP contribution in [0.25, 0.3) is 0 Å². The molecule has 2 aromatic rings. The molecule has 1 aromatic heterocycles. The van der Waals surface area contributed by atoms with E-state index in [2.05, 4.69) is 11.8 Å². The molecule has 0 atom stereocenters. The Morgan fingerprint density at radius 3 is 2.90 bits per heavy atom. The van der Waals surface area contributed by atoms with E-state index in [0.29, 0.717) is 16.4 Å². The van der Waals surface area contributed by atoms with Gasteiger partial charge in [0.05, 0.1) is 9.75 Å². The number of halogens is 1. The van der Waals surface area contributed by atoms with Gasteiger partial charge in [-0.3, -0.25) is 4.79 Å². The molecule has 0 fully saturated rings. The van der Waals surface area contributed by atoms with E-state index in [1.54, 1.807) is 30.1 Å². The molecule has 0 aliphatic rings. The monoisotopic (exact) mass is 319 g/mol. The highest BCUT2D eigenvalue weighted by Crippen LogP contribution is 2.19. The Kier molecular flexibility index (Phi) is 5.40. The standard InChI is InChI=1S/C16H14ClNO2S/c1-18(11-12-4-2-5-13(17)10-12)16(20)15-8-7-14(21-15)6-3-9-19/h2,4-5,7-8,10,19H,9,11H2,1H3. The Bertz CT molecular complexity index is 700. The molecule has 1 amide bonds. The Labute approximate surface area is 132 Å². The normalized spacial score (nSPS) is 9.86. The number of amides is 1. The van der Waals surface area contributed by atoms with Crippen LogP contribution in [0.1, 0.15) is 20.1 Å². The van der Waals surface area contributed by atoms with E-state index in [9.17, 15) is 4.79 Å². The first kappa shape index (κ1) is 15.6. The highest BCUT2D eigenvalue weighted by atomic mass is 35.5. The highest BCUT2D eigenvalue weighted by molar-refractivity contribution is 7.14. The van der Waals surface area contributed by atoms with Crippen LogP contribution in [0.3, 0.4) is 0 Å². The smallest absolute Gasteiger partial charge is 0.264 e. The number of carbonyl (C=O) groups is 1. The van der Waals surface area contributed by atoms with Crippen molar-refractivity contribution in [1.29, 1.82) is 0 Å². The molecule has 1 N–H and O–H groups in total. The predicted octanol–water partition coefficient (Wildman–Crippen LogP) is 3.02. The molecule has 0 unspecified atom stereocenters. The molecule has 1 aromatic carbocycles. The second-order valence-corrected chi connectivity index (χ2v) is 5.94. The van der Waals surface area contributed by atoms with Crippen LogP contribution in [0.15, 0.2) is 36.4 Å². The van der Waals surface area contributed by atoms with Gasteiger partial charge in [0.2, 0.25) is 0 Å². The first-order chi connectivity index (χ1) is 10.1. The molecule has 21 heavy (non-hydrogen) atoms. The van der Waals surface area contributed by atoms with Crippen LogP contribution in [0.4, 0.5) is 0 Å². The van der Waals surface area contributed by atoms with E-state index >= 15 is 0 Å². The van der Waals surface area contributed by atoms with Gasteiger partial charge in [0.1, 0.15) is 6.61 Å². The molecule has 0 saturated carbocycles. The number of aliphatic hydroxyl groups is 1. The Morgan fingerprint density at radius 2 is 2.19 bits per heavy atom. The molecular formula is C16H14ClNO2S. The molecule has 0 aliphatic carbocycles. The van der Waals surface area contributed by atoms with Gasteiger partial charge in [-0.05, 0) is 29.8 Å². The van der Waals surface area contributed by atoms with Crippen LogP contribution in [0.5, 0.6) is 0 Å². The summed E-state index contributed by atoms with van der Waals surface area (Å²) in [7, 11) is 1.75. The quantitative estimate of drug-likeness (QED) is 0.883. The number of aliphatic hydroxyl groups excluding tert-OH is 1. The minimum Gasteiger partial charge on any atom is -0.384 e. The Hall–Kier alpha value is -1.80. The lowest BCUT2D eigenvalue weighted by molar-refractivity contribution is 0.0790. The van der Waals surface area contributed by atoms with Crippen molar-refractivity contribution < 1.29 is 9.90 Å². The van der Waals surface area contributed by atoms with Crippen molar-refractivity contribution in [1.82, 2.24) is 4.90 Å². The molecule has 108 valence electrons. The SMILES string of the molecule is CN(Cc1cccc(Cl)c1)C(=O)c1ccc(C#CCO)s1. The average molecular weight is 320 g/mol. The molecule has 0 aliphatic heterocycles. The zero-order chi connectivity index (χ0) is 15.2. The van der Waals surface area contributed by atoms with Gasteiger partial charge in [-0.15, -0.1) is 11.3 Å². The van der Waals surface area contributed by atoms with Crippen molar-refractivity contribution in [3.05, 3.63) is 56.7 Å². The summed E-state index contributed by atoms with van der Waals surface area (Å²) in [5.74, 6) is 5.31. The van der Waals surface area contributed by atoms with E-state index in [4.69, 9.17) is 16.7 Å². The maximum absolute atomic E-state index is 12.3. The van der Waals surface area contributed by atoms with Crippen LogP contribution in [0.2, 0.25) is 5.02 Å². The zero-order valence-electron chi connectivity index (χ0n) is 11.5. The van der Waals surface area contributed by atoms with Crippen LogP contribution in [-0.2, 0) is 6.54 Å². The minimum atomic E-state index is -0.185. The van der Waals surface area contributed by atoms with Crippen molar-refractivity contribution in [3.8, 4) is 11.8 Å². The molecule has 3 nitrogen and oxygen atoms in total. The number of hydrogen-bond acceptors (Lipinski definition) is 3. The summed E-state index contributed by atoms with van der Waals surface area (Å²) >= 11 is 7.26. The topological polar surface area (TPSA) is 40.5 Å². The summed E-state index contributed by atoms with van der Waals surface area (Å²) < 4.78 is 0. The fourth-order valence-electron chi connectivity index (χ4n) is 1.82. The van der Waals surface area contributed by atoms with Crippen molar-refractivity contribution in [2.24, 2.45) is 0 Å². The Balaban J connectivity index is 2.07. The molecular weight excluding hydrogens is 306 g/mol. The lowest BCUT2D eigenvalue weighted by Gasteiger charge is -2.16. The summed E-state index contributed by atoms with van der Waals surface area (Å²) in [4.78, 5) is 15.4. The summed E-state index contributed by atoms with van der Waals surface area (Å²) in [6, 6.07) is 11.0. The van der Waals surface area contributed by atoms with E-state index in [1.807, 2.05) is 18.2 Å². The lowest BCUT2D eigenvalue weighted by Crippen LogP contribution is -2.25. The molecule has 5 heteroatoms. The van der Waals surface area contributed by atoms with Crippen LogP contribution in [-0.4, -0.2) is 29.6 Å². The van der Waals surface area contributed by atoms with Gasteiger partial charge in [-0.2, -0.15) is 0 Å². The molecule has 0 bridgehead atoms. The third-order valence-electron chi connectivity index (χ3n) is 2.76. The fraction of sp³-hybridized carbons (Fsp3) is 0.188. The number of thiophene rings is 1. The number of nitrogens with zero attached hydrogens (tertiary/aromatic N) is 1. The summed E-state index contributed by atoms with van der Waals surface area (Å²) in [5.41, 5.74) is 0.982. The zero-order valence-corrected chi connectivity index (χ0v) is 13.0. The van der Waals surface area contributed by atoms with E-state index in [1.165, 1.54) is 11.3 Å². The third kappa shape index (κ3) is 4.33. The Morgan fingerprint density at radius 1 is 1.38 bits per heavy atom. The van der Waals surface area contributed by atoms with Crippen molar-refractivity contribution in [2.75, 3.05) is 13.7 Å². The number of hydrogen-bond donors (Lipinski definition) is 1. The fourth-order valence-corrected chi connectivity index (χ4v) is 2.90. The van der Waals surface area contributed by atoms with Gasteiger partial charge < -0.3 is 10.0 Å². The van der Waals surface area contributed by atoms with Crippen molar-refractivity contribution in [2.45, 2.75) is 6.54 Å². The molecule has 1 heterocycles. The van der Waals surface area contributed by atoms with E-state index in [-0.39, 0.29) is 12.5 Å². The van der Waals surface area contributed by atoms with Gasteiger partial charge in [0.15, 0.2) is 0 Å². The maximum atomic E-state index is 12.3. The molecule has 0 spiro atoms. The van der Waals surface area contributed by atoms with Crippen molar-refractivity contribution >= 4 is 28.8 Å². The van der Waals surface area contributed by atoms with Gasteiger partial charge in [0, 0.05) is 18.6 Å². The van der Waals surface area contributed by atoms with Gasteiger partial charge in [-0.1, -0.05) is 35.6 Å². The first-order valence-corrected chi connectivity index (χ1v) is 7.49. The molecule has 0 saturated heterocycles. The van der Waals surface area contributed by atoms with E-state index < -0.39 is 0 Å². The molecule has 0 radical (unpaired) electrons. The van der Waals surface area contributed by atoms with Gasteiger partial charge in [0.25, 0.3) is 5.91 Å². The summed E-state index contributed by atoms with van der Waals surface area (Å²) in [6.45, 7) is 0.310. The summed E-state index contributed by atoms with van der Waals surface area (Å²) in [5, 5.41) is 9.32. The second kappa shape index (κ2) is 7.28. The molecule has 2 rings (SSSR count). The second-order valence-electron chi connectivity index (χ2n) is 4.41. The minimum absolute atomic E-state index is 0.0583. The number of carbonyl (C=O) groups excluding carboxylic acids is 1. The average Bonchev–Trinajstić information content (AvgIpc) is 2.93. The predicted molar refractivity (Wildman–Crippen MR) is 85.5 cm³/mol.